The second-order valence-electron chi connectivity index (χ2n) is 5.10. The first-order valence-corrected chi connectivity index (χ1v) is 6.30. The molecule has 94 valence electrons. The first-order valence-electron chi connectivity index (χ1n) is 6.30. The third-order valence-electron chi connectivity index (χ3n) is 3.49. The molecule has 3 heteroatoms. The number of phenols is 1. The van der Waals surface area contributed by atoms with Gasteiger partial charge in [-0.1, -0.05) is 18.6 Å². The van der Waals surface area contributed by atoms with Gasteiger partial charge in [0.2, 0.25) is 0 Å². The van der Waals surface area contributed by atoms with E-state index in [0.717, 1.165) is 13.0 Å². The van der Waals surface area contributed by atoms with Crippen LogP contribution in [0.1, 0.15) is 38.2 Å². The molecular weight excluding hydrogens is 217 g/mol. The number of alkyl halides is 1. The van der Waals surface area contributed by atoms with Crippen molar-refractivity contribution in [3.05, 3.63) is 29.8 Å². The quantitative estimate of drug-likeness (QED) is 0.846. The van der Waals surface area contributed by atoms with Gasteiger partial charge in [-0.2, -0.15) is 0 Å². The van der Waals surface area contributed by atoms with Crippen LogP contribution in [0, 0.1) is 0 Å². The molecule has 0 amide bonds. The number of halogens is 1. The summed E-state index contributed by atoms with van der Waals surface area (Å²) in [6.45, 7) is 2.58. The Morgan fingerprint density at radius 2 is 2.29 bits per heavy atom. The van der Waals surface area contributed by atoms with Gasteiger partial charge in [-0.05, 0) is 44.0 Å². The molecule has 1 fully saturated rings. The van der Waals surface area contributed by atoms with Crippen molar-refractivity contribution < 1.29 is 9.50 Å². The summed E-state index contributed by atoms with van der Waals surface area (Å²) < 4.78 is 14.6. The first-order chi connectivity index (χ1) is 8.08. The van der Waals surface area contributed by atoms with Crippen LogP contribution in [0.5, 0.6) is 5.75 Å². The summed E-state index contributed by atoms with van der Waals surface area (Å²) in [7, 11) is 0. The van der Waals surface area contributed by atoms with Crippen LogP contribution in [0.15, 0.2) is 24.3 Å². The summed E-state index contributed by atoms with van der Waals surface area (Å²) in [5, 5.41) is 12.8. The van der Waals surface area contributed by atoms with E-state index in [4.69, 9.17) is 0 Å². The maximum atomic E-state index is 14.6. The standard InChI is InChI=1S/C14H20FNO/c1-14(15,10-12-6-2-3-8-16-12)11-5-4-7-13(17)9-11/h4-5,7,9,12,16-17H,2-3,6,8,10H2,1H3. The lowest BCUT2D eigenvalue weighted by atomic mass is 9.87. The fourth-order valence-electron chi connectivity index (χ4n) is 2.51. The molecule has 2 nitrogen and oxygen atoms in total. The number of rotatable bonds is 3. The van der Waals surface area contributed by atoms with Gasteiger partial charge in [0.1, 0.15) is 11.4 Å². The summed E-state index contributed by atoms with van der Waals surface area (Å²) in [4.78, 5) is 0. The molecule has 1 aromatic rings. The Bertz CT molecular complexity index is 372. The summed E-state index contributed by atoms with van der Waals surface area (Å²) in [6.07, 6.45) is 3.87. The molecule has 1 aliphatic rings. The van der Waals surface area contributed by atoms with Crippen molar-refractivity contribution >= 4 is 0 Å². The van der Waals surface area contributed by atoms with E-state index in [1.54, 1.807) is 25.1 Å². The molecule has 0 bridgehead atoms. The minimum absolute atomic E-state index is 0.128. The molecule has 1 heterocycles. The lowest BCUT2D eigenvalue weighted by molar-refractivity contribution is 0.146. The number of phenolic OH excluding ortho intramolecular Hbond substituents is 1. The van der Waals surface area contributed by atoms with Gasteiger partial charge in [0.15, 0.2) is 0 Å². The largest absolute Gasteiger partial charge is 0.508 e. The van der Waals surface area contributed by atoms with Crippen molar-refractivity contribution in [2.45, 2.75) is 44.3 Å². The van der Waals surface area contributed by atoms with E-state index in [-0.39, 0.29) is 11.8 Å². The molecule has 0 saturated carbocycles. The van der Waals surface area contributed by atoms with Gasteiger partial charge in [0.25, 0.3) is 0 Å². The van der Waals surface area contributed by atoms with Gasteiger partial charge in [0.05, 0.1) is 0 Å². The Hall–Kier alpha value is -1.09. The van der Waals surface area contributed by atoms with Crippen molar-refractivity contribution in [2.24, 2.45) is 0 Å². The molecule has 2 rings (SSSR count). The first kappa shape index (κ1) is 12.4. The van der Waals surface area contributed by atoms with Gasteiger partial charge in [0, 0.05) is 12.5 Å². The number of hydrogen-bond donors (Lipinski definition) is 2. The van der Waals surface area contributed by atoms with Gasteiger partial charge >= 0.3 is 0 Å². The van der Waals surface area contributed by atoms with E-state index in [9.17, 15) is 9.50 Å². The van der Waals surface area contributed by atoms with Crippen LogP contribution in [0.2, 0.25) is 0 Å². The SMILES string of the molecule is CC(F)(CC1CCCCN1)c1cccc(O)c1. The Kier molecular flexibility index (Phi) is 3.67. The predicted molar refractivity (Wildman–Crippen MR) is 66.8 cm³/mol. The second-order valence-corrected chi connectivity index (χ2v) is 5.10. The van der Waals surface area contributed by atoms with E-state index < -0.39 is 5.67 Å². The van der Waals surface area contributed by atoms with Gasteiger partial charge < -0.3 is 10.4 Å². The van der Waals surface area contributed by atoms with Gasteiger partial charge in [-0.15, -0.1) is 0 Å². The predicted octanol–water partition coefficient (Wildman–Crippen LogP) is 3.11. The van der Waals surface area contributed by atoms with E-state index in [2.05, 4.69) is 5.32 Å². The van der Waals surface area contributed by atoms with E-state index in [1.807, 2.05) is 0 Å². The fraction of sp³-hybridized carbons (Fsp3) is 0.571. The number of aromatic hydroxyl groups is 1. The normalized spacial score (nSPS) is 24.2. The molecular formula is C14H20FNO. The van der Waals surface area contributed by atoms with Crippen LogP contribution >= 0.6 is 0 Å². The zero-order chi connectivity index (χ0) is 12.3. The van der Waals surface area contributed by atoms with Gasteiger partial charge in [-0.25, -0.2) is 4.39 Å². The Morgan fingerprint density at radius 3 is 2.94 bits per heavy atom. The lowest BCUT2D eigenvalue weighted by Crippen LogP contribution is -2.38. The maximum absolute atomic E-state index is 14.6. The number of nitrogens with one attached hydrogen (secondary N) is 1. The number of hydrogen-bond acceptors (Lipinski definition) is 2. The minimum atomic E-state index is -1.38. The molecule has 2 atom stereocenters. The van der Waals surface area contributed by atoms with E-state index in [1.165, 1.54) is 18.9 Å². The summed E-state index contributed by atoms with van der Waals surface area (Å²) in [5.41, 5.74) is -0.821. The topological polar surface area (TPSA) is 32.3 Å². The zero-order valence-corrected chi connectivity index (χ0v) is 10.2. The van der Waals surface area contributed by atoms with Crippen LogP contribution < -0.4 is 5.32 Å². The summed E-state index contributed by atoms with van der Waals surface area (Å²) >= 11 is 0. The Morgan fingerprint density at radius 1 is 1.47 bits per heavy atom. The molecule has 1 aliphatic heterocycles. The third kappa shape index (κ3) is 3.19. The highest BCUT2D eigenvalue weighted by Gasteiger charge is 2.30. The van der Waals surface area contributed by atoms with E-state index in [0.29, 0.717) is 12.0 Å². The summed E-state index contributed by atoms with van der Waals surface area (Å²) in [5.74, 6) is 0.128. The average molecular weight is 237 g/mol. The van der Waals surface area contributed by atoms with Crippen molar-refractivity contribution in [2.75, 3.05) is 6.54 Å². The van der Waals surface area contributed by atoms with Crippen molar-refractivity contribution in [3.63, 3.8) is 0 Å². The van der Waals surface area contributed by atoms with Crippen LogP contribution in [0.25, 0.3) is 0 Å². The molecule has 2 N–H and O–H groups in total. The van der Waals surface area contributed by atoms with Crippen molar-refractivity contribution in [1.82, 2.24) is 5.32 Å². The second kappa shape index (κ2) is 5.05. The van der Waals surface area contributed by atoms with Crippen LogP contribution in [0.4, 0.5) is 4.39 Å². The maximum Gasteiger partial charge on any atom is 0.134 e. The van der Waals surface area contributed by atoms with Crippen molar-refractivity contribution in [3.8, 4) is 5.75 Å². The highest BCUT2D eigenvalue weighted by Crippen LogP contribution is 2.33. The third-order valence-corrected chi connectivity index (χ3v) is 3.49. The van der Waals surface area contributed by atoms with Crippen LogP contribution in [-0.4, -0.2) is 17.7 Å². The monoisotopic (exact) mass is 237 g/mol. The molecule has 1 saturated heterocycles. The smallest absolute Gasteiger partial charge is 0.134 e. The van der Waals surface area contributed by atoms with Crippen LogP contribution in [-0.2, 0) is 5.67 Å². The van der Waals surface area contributed by atoms with E-state index >= 15 is 0 Å². The van der Waals surface area contributed by atoms with Gasteiger partial charge in [-0.3, -0.25) is 0 Å². The zero-order valence-electron chi connectivity index (χ0n) is 10.2. The Balaban J connectivity index is 2.06. The van der Waals surface area contributed by atoms with Crippen LogP contribution in [0.3, 0.4) is 0 Å². The van der Waals surface area contributed by atoms with Crippen molar-refractivity contribution in [1.29, 1.82) is 0 Å². The highest BCUT2D eigenvalue weighted by atomic mass is 19.1. The molecule has 0 aliphatic carbocycles. The molecule has 0 aromatic heterocycles. The average Bonchev–Trinajstić information content (AvgIpc) is 2.30. The number of piperidine rings is 1. The lowest BCUT2D eigenvalue weighted by Gasteiger charge is -2.30. The molecule has 0 spiro atoms. The summed E-state index contributed by atoms with van der Waals surface area (Å²) in [6, 6.07) is 6.77. The molecule has 17 heavy (non-hydrogen) atoms. The Labute approximate surface area is 102 Å². The molecule has 1 aromatic carbocycles. The minimum Gasteiger partial charge on any atom is -0.508 e. The molecule has 2 unspecified atom stereocenters. The fourth-order valence-corrected chi connectivity index (χ4v) is 2.51. The molecule has 0 radical (unpaired) electrons. The highest BCUT2D eigenvalue weighted by molar-refractivity contribution is 5.31. The number of benzene rings is 1.